The zero-order chi connectivity index (χ0) is 25.4. The lowest BCUT2D eigenvalue weighted by molar-refractivity contribution is -0.914. The van der Waals surface area contributed by atoms with Gasteiger partial charge in [0, 0.05) is 35.8 Å². The summed E-state index contributed by atoms with van der Waals surface area (Å²) in [5, 5.41) is 16.9. The lowest BCUT2D eigenvalue weighted by Crippen LogP contribution is -3.12. The van der Waals surface area contributed by atoms with E-state index in [1.54, 1.807) is 12.1 Å². The molecule has 35 heavy (non-hydrogen) atoms. The largest absolute Gasteiger partial charge is 0.460 e. The van der Waals surface area contributed by atoms with E-state index in [1.165, 1.54) is 37.8 Å². The highest BCUT2D eigenvalue weighted by molar-refractivity contribution is 6.31. The smallest absolute Gasteiger partial charge is 0.278 e. The van der Waals surface area contributed by atoms with Crippen LogP contribution < -0.4 is 20.3 Å². The number of hydrogen-bond donors (Lipinski definition) is 4. The molecule has 2 aliphatic rings. The van der Waals surface area contributed by atoms with Gasteiger partial charge in [0.25, 0.3) is 5.92 Å². The Morgan fingerprint density at radius 2 is 2.03 bits per heavy atom. The van der Waals surface area contributed by atoms with E-state index in [4.69, 9.17) is 16.3 Å². The van der Waals surface area contributed by atoms with E-state index in [1.807, 2.05) is 18.3 Å². The molecule has 2 atom stereocenters. The zero-order valence-corrected chi connectivity index (χ0v) is 21.3. The molecular weight excluding hydrogens is 474 g/mol. The fourth-order valence-corrected chi connectivity index (χ4v) is 4.69. The van der Waals surface area contributed by atoms with Crippen LogP contribution in [0.2, 0.25) is 0 Å². The van der Waals surface area contributed by atoms with Crippen LogP contribution in [0.1, 0.15) is 51.0 Å². The lowest BCUT2D eigenvalue weighted by Gasteiger charge is -2.34. The van der Waals surface area contributed by atoms with Crippen LogP contribution in [-0.4, -0.2) is 30.0 Å². The Hall–Kier alpha value is -2.55. The second kappa shape index (κ2) is 9.84. The molecule has 1 aliphatic heterocycles. The minimum atomic E-state index is -3.00. The number of alkyl halides is 2. The van der Waals surface area contributed by atoms with Gasteiger partial charge in [-0.25, -0.2) is 8.78 Å². The molecule has 0 fully saturated rings. The van der Waals surface area contributed by atoms with Gasteiger partial charge in [-0.15, -0.1) is 0 Å². The van der Waals surface area contributed by atoms with Crippen LogP contribution in [0.15, 0.2) is 59.1 Å². The van der Waals surface area contributed by atoms with Crippen LogP contribution in [0.25, 0.3) is 0 Å². The SMILES string of the molecule is C[NH+]1CNc2ccn(CCO)c2C1NC1=CC(Cl)=C(Oc2cccc(C(F)(F)C(C)(C)C)c2)CC1. The first-order valence-corrected chi connectivity index (χ1v) is 12.3. The molecule has 4 N–H and O–H groups in total. The maximum absolute atomic E-state index is 14.8. The third-order valence-electron chi connectivity index (χ3n) is 6.57. The minimum absolute atomic E-state index is 0.0118. The van der Waals surface area contributed by atoms with Gasteiger partial charge in [0.1, 0.15) is 17.2 Å². The van der Waals surface area contributed by atoms with Crippen molar-refractivity contribution in [3.05, 3.63) is 70.4 Å². The van der Waals surface area contributed by atoms with Crippen LogP contribution in [0, 0.1) is 5.41 Å². The second-order valence-electron chi connectivity index (χ2n) is 10.2. The molecule has 0 radical (unpaired) electrons. The van der Waals surface area contributed by atoms with Gasteiger partial charge in [-0.05, 0) is 30.7 Å². The van der Waals surface area contributed by atoms with Gasteiger partial charge in [0.15, 0.2) is 6.67 Å². The standard InChI is InChI=1S/C26H33ClF2N4O2/c1-25(2,3)26(28,29)17-6-5-7-19(14-17)35-22-9-8-18(15-20(22)27)31-24-23-21(30-16-32(24)4)10-11-33(23)12-13-34/h5-7,10-11,14-15,24,30-31,34H,8-9,12-13,16H2,1-4H3/p+1. The van der Waals surface area contributed by atoms with Crippen LogP contribution >= 0.6 is 11.6 Å². The Bertz CT molecular complexity index is 1140. The van der Waals surface area contributed by atoms with Crippen molar-refractivity contribution in [3.63, 3.8) is 0 Å². The number of nitrogens with zero attached hydrogens (tertiary/aromatic N) is 1. The quantitative estimate of drug-likeness (QED) is 0.451. The molecule has 0 amide bonds. The van der Waals surface area contributed by atoms with Gasteiger partial charge in [-0.2, -0.15) is 0 Å². The van der Waals surface area contributed by atoms with Gasteiger partial charge in [-0.1, -0.05) is 44.5 Å². The van der Waals surface area contributed by atoms with Crippen molar-refractivity contribution in [2.24, 2.45) is 5.41 Å². The third kappa shape index (κ3) is 5.20. The number of rotatable bonds is 7. The first-order valence-electron chi connectivity index (χ1n) is 11.9. The molecule has 0 spiro atoms. The average molecular weight is 508 g/mol. The lowest BCUT2D eigenvalue weighted by atomic mass is 9.83. The zero-order valence-electron chi connectivity index (χ0n) is 20.6. The number of fused-ring (bicyclic) bond motifs is 1. The highest BCUT2D eigenvalue weighted by Gasteiger charge is 2.44. The maximum Gasteiger partial charge on any atom is 0.278 e. The Morgan fingerprint density at radius 1 is 1.26 bits per heavy atom. The number of ether oxygens (including phenoxy) is 1. The van der Waals surface area contributed by atoms with Crippen LogP contribution in [0.3, 0.4) is 0 Å². The molecule has 1 aromatic carbocycles. The van der Waals surface area contributed by atoms with Crippen molar-refractivity contribution in [1.82, 2.24) is 9.88 Å². The van der Waals surface area contributed by atoms with Gasteiger partial charge in [-0.3, -0.25) is 4.90 Å². The highest BCUT2D eigenvalue weighted by Crippen LogP contribution is 2.45. The molecule has 0 saturated heterocycles. The molecule has 1 aliphatic carbocycles. The number of aliphatic hydroxyl groups is 1. The fraction of sp³-hybridized carbons (Fsp3) is 0.462. The molecule has 1 aromatic heterocycles. The molecule has 6 nitrogen and oxygen atoms in total. The molecule has 9 heteroatoms. The van der Waals surface area contributed by atoms with E-state index in [0.29, 0.717) is 35.9 Å². The molecule has 2 heterocycles. The van der Waals surface area contributed by atoms with Gasteiger partial charge >= 0.3 is 0 Å². The van der Waals surface area contributed by atoms with E-state index in [2.05, 4.69) is 22.2 Å². The summed E-state index contributed by atoms with van der Waals surface area (Å²) < 4.78 is 37.7. The Kier molecular flexibility index (Phi) is 7.18. The number of aromatic nitrogens is 1. The Balaban J connectivity index is 1.52. The molecule has 2 aromatic rings. The summed E-state index contributed by atoms with van der Waals surface area (Å²) in [5.41, 5.74) is 1.83. The first-order chi connectivity index (χ1) is 16.5. The summed E-state index contributed by atoms with van der Waals surface area (Å²) in [4.78, 5) is 1.23. The molecule has 0 bridgehead atoms. The number of aliphatic hydroxyl groups excluding tert-OH is 1. The molecule has 190 valence electrons. The molecular formula is C26H34ClF2N4O2+. The Morgan fingerprint density at radius 3 is 2.71 bits per heavy atom. The molecule has 2 unspecified atom stereocenters. The average Bonchev–Trinajstić information content (AvgIpc) is 3.20. The third-order valence-corrected chi connectivity index (χ3v) is 6.89. The number of allylic oxidation sites excluding steroid dienone is 4. The summed E-state index contributed by atoms with van der Waals surface area (Å²) in [6.07, 6.45) is 5.04. The van der Waals surface area contributed by atoms with Gasteiger partial charge in [0.2, 0.25) is 6.17 Å². The first kappa shape index (κ1) is 25.5. The highest BCUT2D eigenvalue weighted by atomic mass is 35.5. The summed E-state index contributed by atoms with van der Waals surface area (Å²) in [6.45, 7) is 5.90. The van der Waals surface area contributed by atoms with Crippen molar-refractivity contribution >= 4 is 17.3 Å². The normalized spacial score (nSPS) is 20.7. The summed E-state index contributed by atoms with van der Waals surface area (Å²) in [5.74, 6) is -2.09. The predicted molar refractivity (Wildman–Crippen MR) is 133 cm³/mol. The van der Waals surface area contributed by atoms with Crippen LogP contribution in [0.5, 0.6) is 5.75 Å². The number of hydrogen-bond acceptors (Lipinski definition) is 4. The summed E-state index contributed by atoms with van der Waals surface area (Å²) in [7, 11) is 2.10. The van der Waals surface area contributed by atoms with Crippen LogP contribution in [-0.2, 0) is 12.5 Å². The summed E-state index contributed by atoms with van der Waals surface area (Å²) in [6, 6.07) is 8.09. The number of anilines is 1. The molecule has 0 saturated carbocycles. The van der Waals surface area contributed by atoms with E-state index in [0.717, 1.165) is 23.7 Å². The number of quaternary nitrogens is 1. The maximum atomic E-state index is 14.8. The van der Waals surface area contributed by atoms with Crippen molar-refractivity contribution in [3.8, 4) is 5.75 Å². The number of halogens is 3. The molecule has 4 rings (SSSR count). The number of benzene rings is 1. The fourth-order valence-electron chi connectivity index (χ4n) is 4.42. The van der Waals surface area contributed by atoms with Crippen LogP contribution in [0.4, 0.5) is 14.5 Å². The van der Waals surface area contributed by atoms with E-state index in [9.17, 15) is 13.9 Å². The second-order valence-corrected chi connectivity index (χ2v) is 10.6. The van der Waals surface area contributed by atoms with Crippen molar-refractivity contribution in [2.45, 2.75) is 52.2 Å². The van der Waals surface area contributed by atoms with E-state index < -0.39 is 11.3 Å². The van der Waals surface area contributed by atoms with Crippen molar-refractivity contribution in [2.75, 3.05) is 25.6 Å². The predicted octanol–water partition coefficient (Wildman–Crippen LogP) is 4.31. The van der Waals surface area contributed by atoms with Gasteiger partial charge < -0.3 is 25.0 Å². The monoisotopic (exact) mass is 507 g/mol. The van der Waals surface area contributed by atoms with Crippen molar-refractivity contribution in [1.29, 1.82) is 0 Å². The van der Waals surface area contributed by atoms with Crippen molar-refractivity contribution < 1.29 is 23.5 Å². The van der Waals surface area contributed by atoms with E-state index in [-0.39, 0.29) is 18.3 Å². The summed E-state index contributed by atoms with van der Waals surface area (Å²) >= 11 is 6.58. The minimum Gasteiger partial charge on any atom is -0.460 e. The Labute approximate surface area is 210 Å². The topological polar surface area (TPSA) is 62.9 Å². The van der Waals surface area contributed by atoms with Gasteiger partial charge in [0.05, 0.1) is 24.4 Å². The number of nitrogens with one attached hydrogen (secondary N) is 3. The van der Waals surface area contributed by atoms with E-state index >= 15 is 0 Å².